The Labute approximate surface area is 62.3 Å². The molecule has 0 aromatic rings. The van der Waals surface area contributed by atoms with E-state index in [1.807, 2.05) is 0 Å². The summed E-state index contributed by atoms with van der Waals surface area (Å²) in [5.74, 6) is 4.48. The average Bonchev–Trinajstić information content (AvgIpc) is 1.90. The molecule has 0 aromatic carbocycles. The molecule has 0 aromatic heterocycles. The standard InChI is InChI=1S/C10H14/c1-2-4-8-7(3-1)9-5-6-10(8)9/h1,3,7-10H,2,4-6H2/t7?,8-,9?,10?/m0/s1. The van der Waals surface area contributed by atoms with Gasteiger partial charge in [0.15, 0.2) is 0 Å². The maximum atomic E-state index is 2.49. The molecule has 0 spiro atoms. The Hall–Kier alpha value is -0.260. The summed E-state index contributed by atoms with van der Waals surface area (Å²) in [5.41, 5.74) is 0. The Balaban J connectivity index is 1.86. The lowest BCUT2D eigenvalue weighted by molar-refractivity contribution is -0.0833. The van der Waals surface area contributed by atoms with Crippen LogP contribution in [0.5, 0.6) is 0 Å². The quantitative estimate of drug-likeness (QED) is 0.447. The monoisotopic (exact) mass is 134 g/mol. The summed E-state index contributed by atoms with van der Waals surface area (Å²) in [7, 11) is 0. The van der Waals surface area contributed by atoms with E-state index in [1.165, 1.54) is 25.2 Å². The Morgan fingerprint density at radius 2 is 1.70 bits per heavy atom. The summed E-state index contributed by atoms with van der Waals surface area (Å²) in [6.07, 6.45) is 10.9. The molecule has 3 rings (SSSR count). The molecule has 2 saturated carbocycles. The molecule has 0 heteroatoms. The van der Waals surface area contributed by atoms with Crippen LogP contribution < -0.4 is 0 Å². The minimum Gasteiger partial charge on any atom is -0.0882 e. The van der Waals surface area contributed by atoms with Gasteiger partial charge in [-0.05, 0) is 49.4 Å². The van der Waals surface area contributed by atoms with Crippen molar-refractivity contribution in [1.82, 2.24) is 0 Å². The highest BCUT2D eigenvalue weighted by molar-refractivity contribution is 5.13. The van der Waals surface area contributed by atoms with Crippen molar-refractivity contribution < 1.29 is 0 Å². The fraction of sp³-hybridized carbons (Fsp3) is 0.800. The highest BCUT2D eigenvalue weighted by Crippen LogP contribution is 2.61. The van der Waals surface area contributed by atoms with Crippen LogP contribution in [0, 0.1) is 23.7 Å². The highest BCUT2D eigenvalue weighted by atomic mass is 14.6. The van der Waals surface area contributed by atoms with E-state index in [4.69, 9.17) is 0 Å². The van der Waals surface area contributed by atoms with Crippen LogP contribution in [-0.2, 0) is 0 Å². The van der Waals surface area contributed by atoms with Gasteiger partial charge in [0.1, 0.15) is 0 Å². The van der Waals surface area contributed by atoms with Gasteiger partial charge in [0.2, 0.25) is 0 Å². The van der Waals surface area contributed by atoms with Gasteiger partial charge < -0.3 is 0 Å². The third kappa shape index (κ3) is 0.457. The molecular formula is C10H14. The van der Waals surface area contributed by atoms with Gasteiger partial charge in [-0.3, -0.25) is 0 Å². The molecule has 0 radical (unpaired) electrons. The molecule has 3 unspecified atom stereocenters. The minimum absolute atomic E-state index is 1.03. The number of fused-ring (bicyclic) bond motifs is 4. The molecule has 0 nitrogen and oxygen atoms in total. The molecule has 3 aliphatic carbocycles. The van der Waals surface area contributed by atoms with E-state index in [-0.39, 0.29) is 0 Å². The molecule has 0 bridgehead atoms. The van der Waals surface area contributed by atoms with Crippen molar-refractivity contribution in [2.75, 3.05) is 0 Å². The molecule has 4 atom stereocenters. The van der Waals surface area contributed by atoms with Crippen LogP contribution in [0.3, 0.4) is 0 Å². The van der Waals surface area contributed by atoms with Crippen LogP contribution in [-0.4, -0.2) is 0 Å². The van der Waals surface area contributed by atoms with Crippen LogP contribution >= 0.6 is 0 Å². The van der Waals surface area contributed by atoms with Crippen molar-refractivity contribution in [2.24, 2.45) is 23.7 Å². The smallest absolute Gasteiger partial charge is 0.0171 e. The van der Waals surface area contributed by atoms with Gasteiger partial charge in [0, 0.05) is 0 Å². The van der Waals surface area contributed by atoms with Crippen molar-refractivity contribution in [3.63, 3.8) is 0 Å². The SMILES string of the molecule is C1=CC2C3CCC3[C@H]2CC1. The predicted molar refractivity (Wildman–Crippen MR) is 41.6 cm³/mol. The molecule has 2 fully saturated rings. The first kappa shape index (κ1) is 5.40. The van der Waals surface area contributed by atoms with Gasteiger partial charge in [0.05, 0.1) is 0 Å². The van der Waals surface area contributed by atoms with E-state index in [9.17, 15) is 0 Å². The number of hydrogen-bond acceptors (Lipinski definition) is 0. The van der Waals surface area contributed by atoms with Gasteiger partial charge in [-0.2, -0.15) is 0 Å². The Bertz CT molecular complexity index is 180. The van der Waals surface area contributed by atoms with Gasteiger partial charge in [-0.15, -0.1) is 0 Å². The molecule has 0 aliphatic heterocycles. The van der Waals surface area contributed by atoms with Gasteiger partial charge in [-0.1, -0.05) is 12.2 Å². The van der Waals surface area contributed by atoms with Gasteiger partial charge in [-0.25, -0.2) is 0 Å². The molecule has 0 saturated heterocycles. The van der Waals surface area contributed by atoms with E-state index in [1.54, 1.807) is 6.42 Å². The van der Waals surface area contributed by atoms with Crippen molar-refractivity contribution in [2.45, 2.75) is 25.7 Å². The van der Waals surface area contributed by atoms with Crippen molar-refractivity contribution in [1.29, 1.82) is 0 Å². The summed E-state index contributed by atoms with van der Waals surface area (Å²) in [6, 6.07) is 0. The lowest BCUT2D eigenvalue weighted by atomic mass is 9.45. The highest BCUT2D eigenvalue weighted by Gasteiger charge is 2.53. The molecular weight excluding hydrogens is 120 g/mol. The number of rotatable bonds is 0. The predicted octanol–water partition coefficient (Wildman–Crippen LogP) is 2.61. The van der Waals surface area contributed by atoms with Crippen LogP contribution in [0.2, 0.25) is 0 Å². The third-order valence-corrected chi connectivity index (χ3v) is 3.95. The Kier molecular flexibility index (Phi) is 0.898. The van der Waals surface area contributed by atoms with Crippen molar-refractivity contribution in [3.05, 3.63) is 12.2 Å². The zero-order chi connectivity index (χ0) is 6.55. The summed E-state index contributed by atoms with van der Waals surface area (Å²) in [6.45, 7) is 0. The normalized spacial score (nSPS) is 56.0. The third-order valence-electron chi connectivity index (χ3n) is 3.95. The number of allylic oxidation sites excluding steroid dienone is 2. The van der Waals surface area contributed by atoms with Crippen molar-refractivity contribution in [3.8, 4) is 0 Å². The lowest BCUT2D eigenvalue weighted by Crippen LogP contribution is -2.52. The van der Waals surface area contributed by atoms with Crippen LogP contribution in [0.4, 0.5) is 0 Å². The summed E-state index contributed by atoms with van der Waals surface area (Å²) >= 11 is 0. The molecule has 10 heavy (non-hydrogen) atoms. The fourth-order valence-corrected chi connectivity index (χ4v) is 3.25. The molecule has 0 amide bonds. The van der Waals surface area contributed by atoms with Gasteiger partial charge >= 0.3 is 0 Å². The maximum Gasteiger partial charge on any atom is -0.0171 e. The molecule has 0 heterocycles. The maximum absolute atomic E-state index is 2.49. The van der Waals surface area contributed by atoms with Crippen LogP contribution in [0.15, 0.2) is 12.2 Å². The zero-order valence-corrected chi connectivity index (χ0v) is 6.29. The second kappa shape index (κ2) is 1.66. The van der Waals surface area contributed by atoms with E-state index < -0.39 is 0 Å². The largest absolute Gasteiger partial charge is 0.0882 e. The summed E-state index contributed by atoms with van der Waals surface area (Å²) in [4.78, 5) is 0. The fourth-order valence-electron chi connectivity index (χ4n) is 3.25. The van der Waals surface area contributed by atoms with E-state index >= 15 is 0 Å². The average molecular weight is 134 g/mol. The second-order valence-electron chi connectivity index (χ2n) is 4.15. The molecule has 54 valence electrons. The Morgan fingerprint density at radius 1 is 0.900 bits per heavy atom. The van der Waals surface area contributed by atoms with E-state index in [2.05, 4.69) is 12.2 Å². The Morgan fingerprint density at radius 3 is 2.40 bits per heavy atom. The topological polar surface area (TPSA) is 0 Å². The summed E-state index contributed by atoms with van der Waals surface area (Å²) in [5, 5.41) is 0. The van der Waals surface area contributed by atoms with Crippen molar-refractivity contribution >= 4 is 0 Å². The first-order valence-electron chi connectivity index (χ1n) is 4.63. The van der Waals surface area contributed by atoms with E-state index in [0.29, 0.717) is 0 Å². The van der Waals surface area contributed by atoms with Gasteiger partial charge in [0.25, 0.3) is 0 Å². The zero-order valence-electron chi connectivity index (χ0n) is 6.29. The minimum atomic E-state index is 1.03. The van der Waals surface area contributed by atoms with E-state index in [0.717, 1.165) is 17.8 Å². The lowest BCUT2D eigenvalue weighted by Gasteiger charge is -2.60. The molecule has 0 N–H and O–H groups in total. The second-order valence-corrected chi connectivity index (χ2v) is 4.15. The first-order valence-corrected chi connectivity index (χ1v) is 4.63. The number of hydrogen-bond donors (Lipinski definition) is 0. The molecule has 3 aliphatic rings. The van der Waals surface area contributed by atoms with Crippen LogP contribution in [0.25, 0.3) is 0 Å². The summed E-state index contributed by atoms with van der Waals surface area (Å²) < 4.78 is 0. The van der Waals surface area contributed by atoms with Crippen LogP contribution in [0.1, 0.15) is 25.7 Å². The first-order chi connectivity index (χ1) is 4.97.